The Labute approximate surface area is 94.0 Å². The highest BCUT2D eigenvalue weighted by atomic mass is 16.5. The van der Waals surface area contributed by atoms with E-state index in [1.807, 2.05) is 7.05 Å². The summed E-state index contributed by atoms with van der Waals surface area (Å²) in [6, 6.07) is 0. The van der Waals surface area contributed by atoms with Crippen LogP contribution in [0.1, 0.15) is 37.4 Å². The highest BCUT2D eigenvalue weighted by Crippen LogP contribution is 2.34. The predicted molar refractivity (Wildman–Crippen MR) is 55.5 cm³/mol. The molecule has 1 aromatic heterocycles. The monoisotopic (exact) mass is 224 g/mol. The number of hydrogen-bond donors (Lipinski definition) is 0. The van der Waals surface area contributed by atoms with Crippen molar-refractivity contribution in [2.75, 3.05) is 7.11 Å². The highest BCUT2D eigenvalue weighted by Gasteiger charge is 2.29. The minimum Gasteiger partial charge on any atom is -0.469 e. The molecule has 0 aliphatic heterocycles. The minimum atomic E-state index is -0.0884. The van der Waals surface area contributed by atoms with E-state index in [0.717, 1.165) is 31.5 Å². The second-order valence-corrected chi connectivity index (χ2v) is 4.23. The van der Waals surface area contributed by atoms with Crippen molar-refractivity contribution in [3.8, 4) is 0 Å². The van der Waals surface area contributed by atoms with Gasteiger partial charge in [0.15, 0.2) is 5.82 Å². The lowest BCUT2D eigenvalue weighted by Gasteiger charge is -2.25. The van der Waals surface area contributed by atoms with Crippen molar-refractivity contribution < 1.29 is 9.53 Å². The normalized spacial score (nSPS) is 25.4. The lowest BCUT2D eigenvalue weighted by molar-refractivity contribution is -0.146. The first-order valence-electron chi connectivity index (χ1n) is 5.52. The molecule has 1 fully saturated rings. The summed E-state index contributed by atoms with van der Waals surface area (Å²) in [5.41, 5.74) is 0. The smallest absolute Gasteiger partial charge is 0.308 e. The van der Waals surface area contributed by atoms with Crippen molar-refractivity contribution in [1.29, 1.82) is 0 Å². The van der Waals surface area contributed by atoms with E-state index in [-0.39, 0.29) is 11.9 Å². The fraction of sp³-hybridized carbons (Fsp3) is 0.800. The van der Waals surface area contributed by atoms with E-state index >= 15 is 0 Å². The van der Waals surface area contributed by atoms with Crippen molar-refractivity contribution in [2.45, 2.75) is 31.6 Å². The first-order chi connectivity index (χ1) is 7.72. The van der Waals surface area contributed by atoms with Crippen molar-refractivity contribution in [2.24, 2.45) is 13.0 Å². The Hall–Kier alpha value is -1.46. The molecule has 0 N–H and O–H groups in total. The zero-order valence-corrected chi connectivity index (χ0v) is 9.59. The molecule has 16 heavy (non-hydrogen) atoms. The third-order valence-corrected chi connectivity index (χ3v) is 3.28. The number of carbonyl (C=O) groups is 1. The largest absolute Gasteiger partial charge is 0.469 e. The van der Waals surface area contributed by atoms with Crippen molar-refractivity contribution >= 4 is 5.97 Å². The number of carbonyl (C=O) groups excluding carboxylic acids is 1. The highest BCUT2D eigenvalue weighted by molar-refractivity contribution is 5.72. The number of methoxy groups -OCH3 is 1. The van der Waals surface area contributed by atoms with Crippen LogP contribution < -0.4 is 0 Å². The standard InChI is InChI=1S/C10H16N4O2/c1-14-9(11-12-13-14)7-3-5-8(6-4-7)10(15)16-2/h7-8H,3-6H2,1-2H3. The zero-order chi connectivity index (χ0) is 11.5. The van der Waals surface area contributed by atoms with Crippen LogP contribution in [0.2, 0.25) is 0 Å². The molecule has 0 aromatic carbocycles. The quantitative estimate of drug-likeness (QED) is 0.690. The van der Waals surface area contributed by atoms with E-state index in [9.17, 15) is 4.79 Å². The van der Waals surface area contributed by atoms with Gasteiger partial charge in [-0.2, -0.15) is 0 Å². The Morgan fingerprint density at radius 1 is 1.38 bits per heavy atom. The van der Waals surface area contributed by atoms with Crippen LogP contribution >= 0.6 is 0 Å². The molecule has 1 heterocycles. The van der Waals surface area contributed by atoms with Gasteiger partial charge in [0.2, 0.25) is 0 Å². The van der Waals surface area contributed by atoms with Gasteiger partial charge in [0.25, 0.3) is 0 Å². The van der Waals surface area contributed by atoms with Gasteiger partial charge in [0.1, 0.15) is 0 Å². The summed E-state index contributed by atoms with van der Waals surface area (Å²) < 4.78 is 6.47. The van der Waals surface area contributed by atoms with E-state index < -0.39 is 0 Å². The summed E-state index contributed by atoms with van der Waals surface area (Å²) >= 11 is 0. The number of aryl methyl sites for hydroxylation is 1. The SMILES string of the molecule is COC(=O)C1CCC(c2nnnn2C)CC1. The molecule has 0 spiro atoms. The number of tetrazole rings is 1. The van der Waals surface area contributed by atoms with Gasteiger partial charge >= 0.3 is 5.97 Å². The second kappa shape index (κ2) is 4.59. The molecule has 0 atom stereocenters. The third-order valence-electron chi connectivity index (χ3n) is 3.28. The van der Waals surface area contributed by atoms with Crippen LogP contribution in [0.3, 0.4) is 0 Å². The van der Waals surface area contributed by atoms with Crippen LogP contribution in [0.15, 0.2) is 0 Å². The molecule has 0 amide bonds. The maximum Gasteiger partial charge on any atom is 0.308 e. The number of nitrogens with zero attached hydrogens (tertiary/aromatic N) is 4. The Balaban J connectivity index is 1.95. The maximum absolute atomic E-state index is 11.4. The van der Waals surface area contributed by atoms with Gasteiger partial charge in [-0.15, -0.1) is 5.10 Å². The minimum absolute atomic E-state index is 0.0578. The van der Waals surface area contributed by atoms with Gasteiger partial charge in [-0.25, -0.2) is 4.68 Å². The summed E-state index contributed by atoms with van der Waals surface area (Å²) in [6.07, 6.45) is 3.64. The van der Waals surface area contributed by atoms with Gasteiger partial charge < -0.3 is 4.74 Å². The molecule has 0 bridgehead atoms. The number of hydrogen-bond acceptors (Lipinski definition) is 5. The van der Waals surface area contributed by atoms with Crippen molar-refractivity contribution in [3.63, 3.8) is 0 Å². The van der Waals surface area contributed by atoms with E-state index in [0.29, 0.717) is 5.92 Å². The number of esters is 1. The summed E-state index contributed by atoms with van der Waals surface area (Å²) in [6.45, 7) is 0. The molecule has 1 aromatic rings. The number of aromatic nitrogens is 4. The average Bonchev–Trinajstić information content (AvgIpc) is 2.75. The molecular formula is C10H16N4O2. The Morgan fingerprint density at radius 2 is 2.06 bits per heavy atom. The fourth-order valence-corrected chi connectivity index (χ4v) is 2.34. The lowest BCUT2D eigenvalue weighted by Crippen LogP contribution is -2.23. The molecule has 2 rings (SSSR count). The van der Waals surface area contributed by atoms with Gasteiger partial charge in [0.05, 0.1) is 13.0 Å². The molecule has 0 unspecified atom stereocenters. The molecule has 0 saturated heterocycles. The summed E-state index contributed by atoms with van der Waals surface area (Å²) in [5.74, 6) is 1.26. The van der Waals surface area contributed by atoms with E-state index in [1.54, 1.807) is 4.68 Å². The molecular weight excluding hydrogens is 208 g/mol. The lowest BCUT2D eigenvalue weighted by atomic mass is 9.81. The van der Waals surface area contributed by atoms with Crippen LogP contribution in [-0.2, 0) is 16.6 Å². The van der Waals surface area contributed by atoms with Gasteiger partial charge in [0, 0.05) is 13.0 Å². The summed E-state index contributed by atoms with van der Waals surface area (Å²) in [5, 5.41) is 11.5. The Kier molecular flexibility index (Phi) is 3.17. The van der Waals surface area contributed by atoms with E-state index in [2.05, 4.69) is 15.5 Å². The molecule has 1 saturated carbocycles. The first kappa shape index (κ1) is 11.0. The molecule has 1 aliphatic carbocycles. The van der Waals surface area contributed by atoms with Gasteiger partial charge in [-0.1, -0.05) is 0 Å². The van der Waals surface area contributed by atoms with Gasteiger partial charge in [-0.05, 0) is 36.1 Å². The Bertz CT molecular complexity index is 369. The van der Waals surface area contributed by atoms with Crippen molar-refractivity contribution in [3.05, 3.63) is 5.82 Å². The second-order valence-electron chi connectivity index (χ2n) is 4.23. The van der Waals surface area contributed by atoms with Crippen LogP contribution in [0.4, 0.5) is 0 Å². The molecule has 6 heteroatoms. The summed E-state index contributed by atoms with van der Waals surface area (Å²) in [4.78, 5) is 11.4. The average molecular weight is 224 g/mol. The molecule has 88 valence electrons. The van der Waals surface area contributed by atoms with Crippen LogP contribution in [0.5, 0.6) is 0 Å². The Morgan fingerprint density at radius 3 is 2.56 bits per heavy atom. The van der Waals surface area contributed by atoms with Crippen LogP contribution in [0, 0.1) is 5.92 Å². The zero-order valence-electron chi connectivity index (χ0n) is 9.59. The van der Waals surface area contributed by atoms with Crippen LogP contribution in [0.25, 0.3) is 0 Å². The maximum atomic E-state index is 11.4. The van der Waals surface area contributed by atoms with Crippen molar-refractivity contribution in [1.82, 2.24) is 20.2 Å². The summed E-state index contributed by atoms with van der Waals surface area (Å²) in [7, 11) is 3.29. The third kappa shape index (κ3) is 2.05. The number of ether oxygens (including phenoxy) is 1. The van der Waals surface area contributed by atoms with E-state index in [1.165, 1.54) is 7.11 Å². The molecule has 1 aliphatic rings. The molecule has 6 nitrogen and oxygen atoms in total. The topological polar surface area (TPSA) is 69.9 Å². The predicted octanol–water partition coefficient (Wildman–Crippen LogP) is 0.657. The first-order valence-corrected chi connectivity index (χ1v) is 5.52. The van der Waals surface area contributed by atoms with E-state index in [4.69, 9.17) is 4.74 Å². The fourth-order valence-electron chi connectivity index (χ4n) is 2.34. The van der Waals surface area contributed by atoms with Crippen LogP contribution in [-0.4, -0.2) is 33.3 Å². The molecule has 0 radical (unpaired) electrons. The number of rotatable bonds is 2. The van der Waals surface area contributed by atoms with Gasteiger partial charge in [-0.3, -0.25) is 4.79 Å².